The topological polar surface area (TPSA) is 70.6 Å². The zero-order chi connectivity index (χ0) is 13.0. The van der Waals surface area contributed by atoms with E-state index in [0.29, 0.717) is 29.6 Å². The maximum Gasteiger partial charge on any atom is 0.319 e. The number of carbonyl (C=O) groups is 1. The Balaban J connectivity index is 2.01. The summed E-state index contributed by atoms with van der Waals surface area (Å²) in [5.74, 6) is 0.646. The van der Waals surface area contributed by atoms with Gasteiger partial charge in [-0.3, -0.25) is 0 Å². The van der Waals surface area contributed by atoms with Crippen LogP contribution < -0.4 is 15.4 Å². The van der Waals surface area contributed by atoms with Crippen LogP contribution in [-0.4, -0.2) is 23.8 Å². The number of urea groups is 1. The van der Waals surface area contributed by atoms with Crippen LogP contribution in [0.1, 0.15) is 25.3 Å². The van der Waals surface area contributed by atoms with Gasteiger partial charge in [0, 0.05) is 17.3 Å². The van der Waals surface area contributed by atoms with Crippen LogP contribution in [0.3, 0.4) is 0 Å². The van der Waals surface area contributed by atoms with Crippen molar-refractivity contribution in [2.45, 2.75) is 32.4 Å². The Kier molecular flexibility index (Phi) is 4.04. The molecular weight excluding hydrogens is 232 g/mol. The quantitative estimate of drug-likeness (QED) is 0.747. The third kappa shape index (κ3) is 3.37. The van der Waals surface area contributed by atoms with Crippen LogP contribution in [0.2, 0.25) is 0 Å². The third-order valence-corrected chi connectivity index (χ3v) is 2.70. The molecule has 1 aromatic carbocycles. The van der Waals surface area contributed by atoms with E-state index in [1.165, 1.54) is 0 Å². The Bertz CT molecular complexity index is 430. The molecular formula is C13H18N2O3. The molecule has 98 valence electrons. The number of hydrogen-bond donors (Lipinski definition) is 3. The molecule has 0 unspecified atom stereocenters. The number of benzene rings is 1. The monoisotopic (exact) mass is 250 g/mol. The van der Waals surface area contributed by atoms with Crippen molar-refractivity contribution >= 4 is 11.7 Å². The van der Waals surface area contributed by atoms with Crippen LogP contribution in [0.25, 0.3) is 0 Å². The molecule has 1 aliphatic carbocycles. The van der Waals surface area contributed by atoms with Gasteiger partial charge in [0.1, 0.15) is 5.75 Å². The van der Waals surface area contributed by atoms with Crippen molar-refractivity contribution in [3.63, 3.8) is 0 Å². The zero-order valence-electron chi connectivity index (χ0n) is 10.4. The van der Waals surface area contributed by atoms with Crippen LogP contribution in [0.5, 0.6) is 5.75 Å². The van der Waals surface area contributed by atoms with Crippen molar-refractivity contribution in [1.82, 2.24) is 5.32 Å². The maximum atomic E-state index is 11.6. The minimum Gasteiger partial charge on any atom is -0.494 e. The average Bonchev–Trinajstić information content (AvgIpc) is 3.15. The number of anilines is 1. The Labute approximate surface area is 106 Å². The Hall–Kier alpha value is -1.75. The minimum atomic E-state index is -0.203. The smallest absolute Gasteiger partial charge is 0.319 e. The van der Waals surface area contributed by atoms with Crippen LogP contribution in [0, 0.1) is 0 Å². The van der Waals surface area contributed by atoms with Crippen molar-refractivity contribution in [2.24, 2.45) is 0 Å². The molecule has 1 aromatic rings. The first kappa shape index (κ1) is 12.7. The molecule has 3 N–H and O–H groups in total. The fourth-order valence-corrected chi connectivity index (χ4v) is 1.66. The number of carbonyl (C=O) groups excluding carboxylic acids is 1. The van der Waals surface area contributed by atoms with Gasteiger partial charge in [-0.2, -0.15) is 0 Å². The molecule has 0 aromatic heterocycles. The Morgan fingerprint density at radius 2 is 2.28 bits per heavy atom. The average molecular weight is 250 g/mol. The highest BCUT2D eigenvalue weighted by Crippen LogP contribution is 2.23. The van der Waals surface area contributed by atoms with E-state index >= 15 is 0 Å². The second-order valence-electron chi connectivity index (χ2n) is 4.29. The number of nitrogens with one attached hydrogen (secondary N) is 2. The molecule has 1 saturated carbocycles. The highest BCUT2D eigenvalue weighted by molar-refractivity contribution is 5.89. The van der Waals surface area contributed by atoms with Crippen LogP contribution in [-0.2, 0) is 6.61 Å². The Morgan fingerprint density at radius 1 is 1.50 bits per heavy atom. The number of rotatable bonds is 5. The Morgan fingerprint density at radius 3 is 2.89 bits per heavy atom. The summed E-state index contributed by atoms with van der Waals surface area (Å²) in [5.41, 5.74) is 1.32. The maximum absolute atomic E-state index is 11.6. The molecule has 0 heterocycles. The van der Waals surface area contributed by atoms with Gasteiger partial charge < -0.3 is 20.5 Å². The lowest BCUT2D eigenvalue weighted by molar-refractivity contribution is 0.251. The molecule has 1 fully saturated rings. The number of aliphatic hydroxyl groups excluding tert-OH is 1. The third-order valence-electron chi connectivity index (χ3n) is 2.70. The summed E-state index contributed by atoms with van der Waals surface area (Å²) in [6.07, 6.45) is 2.11. The van der Waals surface area contributed by atoms with Crippen molar-refractivity contribution in [1.29, 1.82) is 0 Å². The first-order valence-electron chi connectivity index (χ1n) is 6.17. The van der Waals surface area contributed by atoms with Crippen molar-refractivity contribution < 1.29 is 14.6 Å². The highest BCUT2D eigenvalue weighted by atomic mass is 16.5. The first-order valence-corrected chi connectivity index (χ1v) is 6.17. The SMILES string of the molecule is CCOc1ccc(NC(=O)NC2CC2)cc1CO. The van der Waals surface area contributed by atoms with Gasteiger partial charge in [-0.1, -0.05) is 0 Å². The van der Waals surface area contributed by atoms with E-state index in [4.69, 9.17) is 4.74 Å². The van der Waals surface area contributed by atoms with Gasteiger partial charge in [0.15, 0.2) is 0 Å². The lowest BCUT2D eigenvalue weighted by Gasteiger charge is -2.11. The summed E-state index contributed by atoms with van der Waals surface area (Å²) in [4.78, 5) is 11.6. The van der Waals surface area contributed by atoms with Crippen LogP contribution in [0.4, 0.5) is 10.5 Å². The molecule has 2 rings (SSSR count). The minimum absolute atomic E-state index is 0.116. The van der Waals surface area contributed by atoms with E-state index in [9.17, 15) is 9.90 Å². The standard InChI is InChI=1S/C13H18N2O3/c1-2-18-12-6-5-11(7-9(12)8-16)15-13(17)14-10-3-4-10/h5-7,10,16H,2-4,8H2,1H3,(H2,14,15,17). The lowest BCUT2D eigenvalue weighted by atomic mass is 10.2. The molecule has 18 heavy (non-hydrogen) atoms. The molecule has 0 saturated heterocycles. The van der Waals surface area contributed by atoms with Gasteiger partial charge in [0.2, 0.25) is 0 Å². The fraction of sp³-hybridized carbons (Fsp3) is 0.462. The van der Waals surface area contributed by atoms with Crippen molar-refractivity contribution in [2.75, 3.05) is 11.9 Å². The predicted octanol–water partition coefficient (Wildman–Crippen LogP) is 1.86. The van der Waals surface area contributed by atoms with Gasteiger partial charge >= 0.3 is 6.03 Å². The highest BCUT2D eigenvalue weighted by Gasteiger charge is 2.23. The van der Waals surface area contributed by atoms with Crippen molar-refractivity contribution in [3.05, 3.63) is 23.8 Å². The lowest BCUT2D eigenvalue weighted by Crippen LogP contribution is -2.30. The summed E-state index contributed by atoms with van der Waals surface area (Å²) in [7, 11) is 0. The molecule has 0 spiro atoms. The normalized spacial score (nSPS) is 14.1. The van der Waals surface area contributed by atoms with E-state index in [0.717, 1.165) is 12.8 Å². The molecule has 0 bridgehead atoms. The van der Waals surface area contributed by atoms with Crippen molar-refractivity contribution in [3.8, 4) is 5.75 Å². The predicted molar refractivity (Wildman–Crippen MR) is 68.7 cm³/mol. The van der Waals surface area contributed by atoms with Gasteiger partial charge in [-0.15, -0.1) is 0 Å². The first-order chi connectivity index (χ1) is 8.72. The molecule has 1 aliphatic rings. The van der Waals surface area contributed by atoms with E-state index in [-0.39, 0.29) is 12.6 Å². The van der Waals surface area contributed by atoms with Crippen LogP contribution >= 0.6 is 0 Å². The van der Waals surface area contributed by atoms with Gasteiger partial charge in [0.25, 0.3) is 0 Å². The number of aliphatic hydroxyl groups is 1. The summed E-state index contributed by atoms with van der Waals surface area (Å²) in [5, 5.41) is 14.8. The van der Waals surface area contributed by atoms with Crippen LogP contribution in [0.15, 0.2) is 18.2 Å². The van der Waals surface area contributed by atoms with E-state index in [2.05, 4.69) is 10.6 Å². The van der Waals surface area contributed by atoms with E-state index < -0.39 is 0 Å². The van der Waals surface area contributed by atoms with E-state index in [1.807, 2.05) is 6.92 Å². The summed E-state index contributed by atoms with van der Waals surface area (Å²) in [6.45, 7) is 2.31. The number of hydrogen-bond acceptors (Lipinski definition) is 3. The summed E-state index contributed by atoms with van der Waals surface area (Å²) < 4.78 is 5.37. The molecule has 0 atom stereocenters. The second kappa shape index (κ2) is 5.73. The number of amides is 2. The molecule has 5 heteroatoms. The summed E-state index contributed by atoms with van der Waals surface area (Å²) in [6, 6.07) is 5.35. The van der Waals surface area contributed by atoms with E-state index in [1.54, 1.807) is 18.2 Å². The van der Waals surface area contributed by atoms with Gasteiger partial charge in [-0.05, 0) is 38.0 Å². The molecule has 0 radical (unpaired) electrons. The summed E-state index contributed by atoms with van der Waals surface area (Å²) >= 11 is 0. The second-order valence-corrected chi connectivity index (χ2v) is 4.29. The fourth-order valence-electron chi connectivity index (χ4n) is 1.66. The zero-order valence-corrected chi connectivity index (χ0v) is 10.4. The molecule has 2 amide bonds. The largest absolute Gasteiger partial charge is 0.494 e. The molecule has 0 aliphatic heterocycles. The van der Waals surface area contributed by atoms with Gasteiger partial charge in [-0.25, -0.2) is 4.79 Å². The van der Waals surface area contributed by atoms with Gasteiger partial charge in [0.05, 0.1) is 13.2 Å². The molecule has 5 nitrogen and oxygen atoms in total. The number of ether oxygens (including phenoxy) is 1.